The standard InChI is InChI=1S/C18H26O3/c1-13-10-17(2,3)12-18(19,11-13)14-5-6-15-16(9-14)21-8-4-7-20-15/h5-6,9,13,19H,4,7-8,10-12H2,1-3H3. The van der Waals surface area contributed by atoms with Gasteiger partial charge in [-0.25, -0.2) is 0 Å². The van der Waals surface area contributed by atoms with Crippen molar-refractivity contribution >= 4 is 0 Å². The van der Waals surface area contributed by atoms with Crippen molar-refractivity contribution in [3.05, 3.63) is 23.8 Å². The van der Waals surface area contributed by atoms with Crippen molar-refractivity contribution in [2.45, 2.75) is 52.1 Å². The van der Waals surface area contributed by atoms with Crippen LogP contribution in [0.2, 0.25) is 0 Å². The molecule has 1 aliphatic heterocycles. The molecule has 2 atom stereocenters. The summed E-state index contributed by atoms with van der Waals surface area (Å²) in [7, 11) is 0. The summed E-state index contributed by atoms with van der Waals surface area (Å²) in [6.07, 6.45) is 3.68. The van der Waals surface area contributed by atoms with Gasteiger partial charge in [-0.3, -0.25) is 0 Å². The van der Waals surface area contributed by atoms with Gasteiger partial charge >= 0.3 is 0 Å². The number of rotatable bonds is 1. The van der Waals surface area contributed by atoms with Crippen LogP contribution in [0.15, 0.2) is 18.2 Å². The Bertz CT molecular complexity index is 523. The van der Waals surface area contributed by atoms with Gasteiger partial charge in [0.2, 0.25) is 0 Å². The highest BCUT2D eigenvalue weighted by Crippen LogP contribution is 2.49. The van der Waals surface area contributed by atoms with Gasteiger partial charge in [0.1, 0.15) is 0 Å². The second kappa shape index (κ2) is 5.20. The first-order valence-electron chi connectivity index (χ1n) is 8.01. The molecule has 0 aromatic heterocycles. The summed E-state index contributed by atoms with van der Waals surface area (Å²) in [4.78, 5) is 0. The molecule has 3 heteroatoms. The molecule has 1 heterocycles. The molecule has 1 saturated carbocycles. The first-order valence-corrected chi connectivity index (χ1v) is 8.01. The fraction of sp³-hybridized carbons (Fsp3) is 0.667. The third kappa shape index (κ3) is 3.03. The summed E-state index contributed by atoms with van der Waals surface area (Å²) in [6, 6.07) is 5.93. The van der Waals surface area contributed by atoms with Gasteiger partial charge in [-0.1, -0.05) is 26.8 Å². The molecule has 2 unspecified atom stereocenters. The van der Waals surface area contributed by atoms with E-state index >= 15 is 0 Å². The minimum atomic E-state index is -0.758. The minimum absolute atomic E-state index is 0.163. The van der Waals surface area contributed by atoms with Gasteiger partial charge in [0, 0.05) is 6.42 Å². The lowest BCUT2D eigenvalue weighted by molar-refractivity contribution is -0.0636. The van der Waals surface area contributed by atoms with Gasteiger partial charge in [-0.05, 0) is 48.3 Å². The van der Waals surface area contributed by atoms with E-state index in [1.165, 1.54) is 6.42 Å². The molecule has 1 fully saturated rings. The Hall–Kier alpha value is -1.22. The Labute approximate surface area is 127 Å². The highest BCUT2D eigenvalue weighted by molar-refractivity contribution is 5.45. The maximum atomic E-state index is 11.2. The molecule has 0 spiro atoms. The monoisotopic (exact) mass is 290 g/mol. The van der Waals surface area contributed by atoms with E-state index < -0.39 is 5.60 Å². The average Bonchev–Trinajstić information content (AvgIpc) is 2.59. The van der Waals surface area contributed by atoms with E-state index in [9.17, 15) is 5.11 Å². The van der Waals surface area contributed by atoms with Crippen molar-refractivity contribution in [2.24, 2.45) is 11.3 Å². The summed E-state index contributed by atoms with van der Waals surface area (Å²) in [5.74, 6) is 2.09. The van der Waals surface area contributed by atoms with Crippen molar-refractivity contribution in [3.8, 4) is 11.5 Å². The van der Waals surface area contributed by atoms with Gasteiger partial charge in [0.15, 0.2) is 11.5 Å². The molecule has 0 amide bonds. The third-order valence-corrected chi connectivity index (χ3v) is 4.64. The van der Waals surface area contributed by atoms with Crippen LogP contribution >= 0.6 is 0 Å². The number of ether oxygens (including phenoxy) is 2. The smallest absolute Gasteiger partial charge is 0.161 e. The Morgan fingerprint density at radius 3 is 2.52 bits per heavy atom. The van der Waals surface area contributed by atoms with Crippen LogP contribution in [-0.2, 0) is 5.60 Å². The van der Waals surface area contributed by atoms with Gasteiger partial charge in [-0.15, -0.1) is 0 Å². The van der Waals surface area contributed by atoms with Gasteiger partial charge in [0.05, 0.1) is 18.8 Å². The van der Waals surface area contributed by atoms with Crippen LogP contribution < -0.4 is 9.47 Å². The number of hydrogen-bond donors (Lipinski definition) is 1. The fourth-order valence-electron chi connectivity index (χ4n) is 4.20. The molecule has 3 rings (SSSR count). The zero-order chi connectivity index (χ0) is 15.1. The normalized spacial score (nSPS) is 31.5. The Morgan fingerprint density at radius 2 is 1.81 bits per heavy atom. The lowest BCUT2D eigenvalue weighted by Gasteiger charge is -2.45. The molecule has 0 bridgehead atoms. The van der Waals surface area contributed by atoms with Crippen LogP contribution in [0.3, 0.4) is 0 Å². The summed E-state index contributed by atoms with van der Waals surface area (Å²) in [6.45, 7) is 8.10. The molecular formula is C18H26O3. The molecule has 21 heavy (non-hydrogen) atoms. The zero-order valence-corrected chi connectivity index (χ0v) is 13.3. The molecule has 2 aliphatic rings. The quantitative estimate of drug-likeness (QED) is 0.853. The predicted octanol–water partition coefficient (Wildman–Crippen LogP) is 3.88. The van der Waals surface area contributed by atoms with Crippen molar-refractivity contribution in [2.75, 3.05) is 13.2 Å². The second-order valence-corrected chi connectivity index (χ2v) is 7.60. The number of aliphatic hydroxyl groups is 1. The maximum Gasteiger partial charge on any atom is 0.161 e. The highest BCUT2D eigenvalue weighted by atomic mass is 16.5. The van der Waals surface area contributed by atoms with Crippen molar-refractivity contribution in [3.63, 3.8) is 0 Å². The molecular weight excluding hydrogens is 264 g/mol. The summed E-state index contributed by atoms with van der Waals surface area (Å²) in [5, 5.41) is 11.2. The van der Waals surface area contributed by atoms with E-state index in [0.717, 1.165) is 36.3 Å². The van der Waals surface area contributed by atoms with Crippen LogP contribution in [0.4, 0.5) is 0 Å². The van der Waals surface area contributed by atoms with E-state index in [4.69, 9.17) is 9.47 Å². The van der Waals surface area contributed by atoms with E-state index in [-0.39, 0.29) is 5.41 Å². The topological polar surface area (TPSA) is 38.7 Å². The predicted molar refractivity (Wildman–Crippen MR) is 82.7 cm³/mol. The largest absolute Gasteiger partial charge is 0.490 e. The van der Waals surface area contributed by atoms with Crippen LogP contribution in [0, 0.1) is 11.3 Å². The van der Waals surface area contributed by atoms with Gasteiger partial charge < -0.3 is 14.6 Å². The molecule has 1 N–H and O–H groups in total. The van der Waals surface area contributed by atoms with Crippen molar-refractivity contribution < 1.29 is 14.6 Å². The summed E-state index contributed by atoms with van der Waals surface area (Å²) < 4.78 is 11.4. The molecule has 0 saturated heterocycles. The van der Waals surface area contributed by atoms with Crippen LogP contribution in [0.25, 0.3) is 0 Å². The van der Waals surface area contributed by atoms with Gasteiger partial charge in [-0.2, -0.15) is 0 Å². The van der Waals surface area contributed by atoms with E-state index in [0.29, 0.717) is 19.1 Å². The first-order chi connectivity index (χ1) is 9.88. The Morgan fingerprint density at radius 1 is 1.10 bits per heavy atom. The summed E-state index contributed by atoms with van der Waals surface area (Å²) >= 11 is 0. The summed E-state index contributed by atoms with van der Waals surface area (Å²) in [5.41, 5.74) is 0.369. The first kappa shape index (κ1) is 14.7. The number of fused-ring (bicyclic) bond motifs is 1. The highest BCUT2D eigenvalue weighted by Gasteiger charge is 2.43. The van der Waals surface area contributed by atoms with Gasteiger partial charge in [0.25, 0.3) is 0 Å². The maximum absolute atomic E-state index is 11.2. The Kier molecular flexibility index (Phi) is 3.64. The van der Waals surface area contributed by atoms with Crippen LogP contribution in [-0.4, -0.2) is 18.3 Å². The average molecular weight is 290 g/mol. The third-order valence-electron chi connectivity index (χ3n) is 4.64. The van der Waals surface area contributed by atoms with E-state index in [1.54, 1.807) is 0 Å². The number of hydrogen-bond acceptors (Lipinski definition) is 3. The fourth-order valence-corrected chi connectivity index (χ4v) is 4.20. The molecule has 1 aliphatic carbocycles. The molecule has 116 valence electrons. The van der Waals surface area contributed by atoms with Crippen molar-refractivity contribution in [1.29, 1.82) is 0 Å². The second-order valence-electron chi connectivity index (χ2n) is 7.60. The number of benzene rings is 1. The molecule has 1 aromatic carbocycles. The SMILES string of the molecule is CC1CC(C)(C)CC(O)(c2ccc3c(c2)OCCCO3)C1. The van der Waals surface area contributed by atoms with E-state index in [1.807, 2.05) is 18.2 Å². The van der Waals surface area contributed by atoms with Crippen LogP contribution in [0.5, 0.6) is 11.5 Å². The lowest BCUT2D eigenvalue weighted by Crippen LogP contribution is -2.39. The van der Waals surface area contributed by atoms with Crippen LogP contribution in [0.1, 0.15) is 52.0 Å². The molecule has 1 aromatic rings. The lowest BCUT2D eigenvalue weighted by atomic mass is 9.64. The van der Waals surface area contributed by atoms with Crippen molar-refractivity contribution in [1.82, 2.24) is 0 Å². The zero-order valence-electron chi connectivity index (χ0n) is 13.3. The molecule has 0 radical (unpaired) electrons. The minimum Gasteiger partial charge on any atom is -0.490 e. The van der Waals surface area contributed by atoms with E-state index in [2.05, 4.69) is 20.8 Å². The molecule has 3 nitrogen and oxygen atoms in total. The Balaban J connectivity index is 1.93.